The lowest BCUT2D eigenvalue weighted by atomic mass is 10.1. The Morgan fingerprint density at radius 2 is 1.85 bits per heavy atom. The van der Waals surface area contributed by atoms with Crippen LogP contribution in [0.5, 0.6) is 0 Å². The molecule has 9 heteroatoms. The fourth-order valence-corrected chi connectivity index (χ4v) is 3.04. The molecule has 1 heterocycles. The van der Waals surface area contributed by atoms with Gasteiger partial charge in [-0.25, -0.2) is 0 Å². The molecule has 1 fully saturated rings. The van der Waals surface area contributed by atoms with Gasteiger partial charge in [-0.15, -0.1) is 0 Å². The predicted molar refractivity (Wildman–Crippen MR) is 68.2 cm³/mol. The van der Waals surface area contributed by atoms with E-state index in [0.29, 0.717) is 17.6 Å². The Hall–Kier alpha value is -1.64. The second-order valence-corrected chi connectivity index (χ2v) is 5.99. The molecule has 2 rings (SSSR count). The minimum atomic E-state index is -4.55. The van der Waals surface area contributed by atoms with Crippen molar-refractivity contribution < 1.29 is 22.3 Å². The number of hydrogen-bond acceptors (Lipinski definition) is 4. The summed E-state index contributed by atoms with van der Waals surface area (Å²) in [6.45, 7) is 0.490. The molecule has 0 aliphatic carbocycles. The molecule has 0 N–H and O–H groups in total. The maximum atomic E-state index is 12.7. The molecule has 1 aromatic carbocycles. The normalized spacial score (nSPS) is 17.2. The van der Waals surface area contributed by atoms with Crippen LogP contribution in [0.15, 0.2) is 18.2 Å². The molecule has 0 saturated carbocycles. The van der Waals surface area contributed by atoms with Crippen molar-refractivity contribution in [3.63, 3.8) is 0 Å². The molecule has 0 atom stereocenters. The third-order valence-corrected chi connectivity index (χ3v) is 4.29. The Balaban J connectivity index is 2.42. The van der Waals surface area contributed by atoms with Crippen LogP contribution in [-0.2, 0) is 17.0 Å². The molecule has 1 aliphatic heterocycles. The number of benzene rings is 1. The third kappa shape index (κ3) is 3.09. The monoisotopic (exact) mass is 308 g/mol. The van der Waals surface area contributed by atoms with Crippen LogP contribution in [0.3, 0.4) is 0 Å². The van der Waals surface area contributed by atoms with E-state index in [4.69, 9.17) is 0 Å². The van der Waals surface area contributed by atoms with E-state index in [1.165, 1.54) is 4.90 Å². The van der Waals surface area contributed by atoms with Crippen molar-refractivity contribution >= 4 is 22.2 Å². The van der Waals surface area contributed by atoms with Gasteiger partial charge in [-0.2, -0.15) is 13.2 Å². The summed E-state index contributed by atoms with van der Waals surface area (Å²) in [5.41, 5.74) is -1.36. The molecule has 0 aromatic heterocycles. The first-order valence-electron chi connectivity index (χ1n) is 5.74. The number of hydrogen-bond donors (Lipinski definition) is 0. The highest BCUT2D eigenvalue weighted by molar-refractivity contribution is 7.85. The average molecular weight is 308 g/mol. The van der Waals surface area contributed by atoms with Gasteiger partial charge in [-0.3, -0.25) is 14.3 Å². The average Bonchev–Trinajstić information content (AvgIpc) is 2.37. The van der Waals surface area contributed by atoms with Gasteiger partial charge in [0.2, 0.25) is 0 Å². The van der Waals surface area contributed by atoms with Crippen molar-refractivity contribution in [3.05, 3.63) is 33.9 Å². The molecular weight excluding hydrogens is 297 g/mol. The zero-order valence-corrected chi connectivity index (χ0v) is 11.0. The molecule has 110 valence electrons. The first-order chi connectivity index (χ1) is 9.29. The minimum Gasteiger partial charge on any atom is -0.364 e. The first-order valence-corrected chi connectivity index (χ1v) is 7.23. The van der Waals surface area contributed by atoms with Crippen LogP contribution in [0, 0.1) is 10.1 Å². The fraction of sp³-hybridized carbons (Fsp3) is 0.455. The van der Waals surface area contributed by atoms with E-state index >= 15 is 0 Å². The standard InChI is InChI=1S/C11H11F3N2O3S/c12-11(13,14)8-1-2-9(16(17)18)10(7-8)15-3-5-20(19)6-4-15/h1-2,7H,3-6H2. The number of anilines is 1. The summed E-state index contributed by atoms with van der Waals surface area (Å²) in [6.07, 6.45) is -4.55. The Bertz CT molecular complexity index is 552. The van der Waals surface area contributed by atoms with Gasteiger partial charge in [0.1, 0.15) is 5.69 Å². The smallest absolute Gasteiger partial charge is 0.364 e. The van der Waals surface area contributed by atoms with Crippen molar-refractivity contribution in [3.8, 4) is 0 Å². The minimum absolute atomic E-state index is 0.0680. The van der Waals surface area contributed by atoms with Gasteiger partial charge >= 0.3 is 6.18 Å². The molecule has 0 radical (unpaired) electrons. The summed E-state index contributed by atoms with van der Waals surface area (Å²) in [5, 5.41) is 10.9. The second kappa shape index (κ2) is 5.39. The quantitative estimate of drug-likeness (QED) is 0.620. The Morgan fingerprint density at radius 3 is 2.35 bits per heavy atom. The predicted octanol–water partition coefficient (Wildman–Crippen LogP) is 2.18. The van der Waals surface area contributed by atoms with Crippen LogP contribution in [-0.4, -0.2) is 33.7 Å². The van der Waals surface area contributed by atoms with Crippen molar-refractivity contribution in [1.82, 2.24) is 0 Å². The third-order valence-electron chi connectivity index (χ3n) is 3.02. The van der Waals surface area contributed by atoms with E-state index in [1.54, 1.807) is 0 Å². The zero-order valence-electron chi connectivity index (χ0n) is 10.2. The Kier molecular flexibility index (Phi) is 3.98. The lowest BCUT2D eigenvalue weighted by Crippen LogP contribution is -2.38. The number of nitrogens with zero attached hydrogens (tertiary/aromatic N) is 2. The molecule has 0 bridgehead atoms. The highest BCUT2D eigenvalue weighted by atomic mass is 32.2. The summed E-state index contributed by atoms with van der Waals surface area (Å²) < 4.78 is 49.3. The molecule has 1 saturated heterocycles. The zero-order chi connectivity index (χ0) is 14.9. The molecule has 1 aliphatic rings. The molecule has 1 aromatic rings. The largest absolute Gasteiger partial charge is 0.416 e. The van der Waals surface area contributed by atoms with Crippen LogP contribution in [0.4, 0.5) is 24.5 Å². The van der Waals surface area contributed by atoms with Crippen molar-refractivity contribution in [2.24, 2.45) is 0 Å². The van der Waals surface area contributed by atoms with E-state index in [9.17, 15) is 27.5 Å². The lowest BCUT2D eigenvalue weighted by molar-refractivity contribution is -0.384. The number of rotatable bonds is 2. The SMILES string of the molecule is O=[N+]([O-])c1ccc(C(F)(F)F)cc1N1CCS(=O)CC1. The topological polar surface area (TPSA) is 63.5 Å². The van der Waals surface area contributed by atoms with Gasteiger partial charge in [0, 0.05) is 41.5 Å². The van der Waals surface area contributed by atoms with Crippen molar-refractivity contribution in [1.29, 1.82) is 0 Å². The summed E-state index contributed by atoms with van der Waals surface area (Å²) in [7, 11) is -1.01. The molecule has 0 amide bonds. The summed E-state index contributed by atoms with van der Waals surface area (Å²) in [6, 6.07) is 2.35. The van der Waals surface area contributed by atoms with E-state index in [-0.39, 0.29) is 24.5 Å². The van der Waals surface area contributed by atoms with Gasteiger partial charge in [0.25, 0.3) is 5.69 Å². The number of halogens is 3. The summed E-state index contributed by atoms with van der Waals surface area (Å²) >= 11 is 0. The van der Waals surface area contributed by atoms with Gasteiger partial charge in [0.05, 0.1) is 10.5 Å². The lowest BCUT2D eigenvalue weighted by Gasteiger charge is -2.28. The second-order valence-electron chi connectivity index (χ2n) is 4.29. The molecule has 0 unspecified atom stereocenters. The van der Waals surface area contributed by atoms with Crippen LogP contribution in [0.2, 0.25) is 0 Å². The van der Waals surface area contributed by atoms with Gasteiger partial charge in [0.15, 0.2) is 0 Å². The number of alkyl halides is 3. The summed E-state index contributed by atoms with van der Waals surface area (Å²) in [4.78, 5) is 11.7. The Morgan fingerprint density at radius 1 is 1.25 bits per heavy atom. The van der Waals surface area contributed by atoms with Crippen LogP contribution >= 0.6 is 0 Å². The van der Waals surface area contributed by atoms with E-state index < -0.39 is 27.5 Å². The van der Waals surface area contributed by atoms with Gasteiger partial charge in [-0.05, 0) is 12.1 Å². The van der Waals surface area contributed by atoms with Crippen LogP contribution in [0.25, 0.3) is 0 Å². The number of nitro benzene ring substituents is 1. The highest BCUT2D eigenvalue weighted by Gasteiger charge is 2.33. The number of nitro groups is 1. The van der Waals surface area contributed by atoms with Gasteiger partial charge in [-0.1, -0.05) is 0 Å². The first kappa shape index (κ1) is 14.8. The van der Waals surface area contributed by atoms with Crippen LogP contribution < -0.4 is 4.90 Å². The van der Waals surface area contributed by atoms with Crippen LogP contribution in [0.1, 0.15) is 5.56 Å². The van der Waals surface area contributed by atoms with Crippen molar-refractivity contribution in [2.45, 2.75) is 6.18 Å². The van der Waals surface area contributed by atoms with E-state index in [0.717, 1.165) is 12.1 Å². The molecular formula is C11H11F3N2O3S. The maximum Gasteiger partial charge on any atom is 0.416 e. The van der Waals surface area contributed by atoms with E-state index in [1.807, 2.05) is 0 Å². The van der Waals surface area contributed by atoms with E-state index in [2.05, 4.69) is 0 Å². The van der Waals surface area contributed by atoms with Gasteiger partial charge < -0.3 is 4.90 Å². The fourth-order valence-electron chi connectivity index (χ4n) is 1.99. The van der Waals surface area contributed by atoms with Crippen molar-refractivity contribution in [2.75, 3.05) is 29.5 Å². The molecule has 20 heavy (non-hydrogen) atoms. The maximum absolute atomic E-state index is 12.7. The highest BCUT2D eigenvalue weighted by Crippen LogP contribution is 2.36. The Labute approximate surface area is 115 Å². The molecule has 5 nitrogen and oxygen atoms in total. The summed E-state index contributed by atoms with van der Waals surface area (Å²) in [5.74, 6) is 0.598. The molecule has 0 spiro atoms.